The van der Waals surface area contributed by atoms with E-state index in [0.29, 0.717) is 21.9 Å². The number of benzene rings is 1. The summed E-state index contributed by atoms with van der Waals surface area (Å²) >= 11 is 10.1. The molecule has 4 fully saturated rings. The molecule has 2 amide bonds. The maximum Gasteiger partial charge on any atom is 0.270 e. The highest BCUT2D eigenvalue weighted by atomic mass is 79.9. The number of halogens is 2. The SMILES string of the molecule is O=C(NNC(=O)C12C[C@@H]3C[C@@H](CC(Cl)(C3)C1)C2)c1ccccc1Br. The lowest BCUT2D eigenvalue weighted by Crippen LogP contribution is -2.60. The highest BCUT2D eigenvalue weighted by molar-refractivity contribution is 9.10. The normalized spacial score (nSPS) is 36.4. The Labute approximate surface area is 154 Å². The van der Waals surface area contributed by atoms with Crippen molar-refractivity contribution >= 4 is 39.3 Å². The second kappa shape index (κ2) is 5.73. The number of hydrazine groups is 1. The van der Waals surface area contributed by atoms with E-state index >= 15 is 0 Å². The summed E-state index contributed by atoms with van der Waals surface area (Å²) < 4.78 is 0.700. The molecule has 6 heteroatoms. The first-order valence-corrected chi connectivity index (χ1v) is 9.61. The van der Waals surface area contributed by atoms with Crippen LogP contribution in [-0.4, -0.2) is 16.7 Å². The van der Waals surface area contributed by atoms with Crippen LogP contribution in [0.4, 0.5) is 0 Å². The van der Waals surface area contributed by atoms with E-state index in [2.05, 4.69) is 26.8 Å². The molecule has 0 heterocycles. The third-order valence-electron chi connectivity index (χ3n) is 5.88. The molecular weight excluding hydrogens is 392 g/mol. The summed E-state index contributed by atoms with van der Waals surface area (Å²) in [4.78, 5) is 24.9. The van der Waals surface area contributed by atoms with E-state index in [1.54, 1.807) is 18.2 Å². The molecule has 128 valence electrons. The van der Waals surface area contributed by atoms with Crippen LogP contribution in [0, 0.1) is 17.3 Å². The van der Waals surface area contributed by atoms with Crippen molar-refractivity contribution in [3.05, 3.63) is 34.3 Å². The number of alkyl halides is 1. The minimum atomic E-state index is -0.410. The fraction of sp³-hybridized carbons (Fsp3) is 0.556. The smallest absolute Gasteiger partial charge is 0.270 e. The lowest BCUT2D eigenvalue weighted by Gasteiger charge is -2.59. The zero-order valence-corrected chi connectivity index (χ0v) is 15.6. The molecule has 4 aliphatic rings. The van der Waals surface area contributed by atoms with Crippen molar-refractivity contribution in [1.82, 2.24) is 10.9 Å². The van der Waals surface area contributed by atoms with Gasteiger partial charge in [-0.3, -0.25) is 20.4 Å². The molecule has 1 aromatic carbocycles. The van der Waals surface area contributed by atoms with Crippen LogP contribution in [0.1, 0.15) is 48.9 Å². The predicted molar refractivity (Wildman–Crippen MR) is 95.4 cm³/mol. The Kier molecular flexibility index (Phi) is 3.92. The monoisotopic (exact) mass is 410 g/mol. The molecule has 0 aromatic heterocycles. The van der Waals surface area contributed by atoms with Gasteiger partial charge in [-0.25, -0.2) is 0 Å². The first kappa shape index (κ1) is 16.4. The van der Waals surface area contributed by atoms with E-state index in [1.165, 1.54) is 6.42 Å². The molecule has 0 radical (unpaired) electrons. The molecule has 0 spiro atoms. The first-order valence-electron chi connectivity index (χ1n) is 8.43. The van der Waals surface area contributed by atoms with Gasteiger partial charge in [0.2, 0.25) is 5.91 Å². The Morgan fingerprint density at radius 2 is 1.75 bits per heavy atom. The summed E-state index contributed by atoms with van der Waals surface area (Å²) in [5.41, 5.74) is 5.32. The van der Waals surface area contributed by atoms with E-state index < -0.39 is 5.41 Å². The summed E-state index contributed by atoms with van der Waals surface area (Å²) in [5, 5.41) is 0. The average Bonchev–Trinajstić information content (AvgIpc) is 2.50. The van der Waals surface area contributed by atoms with Crippen molar-refractivity contribution in [2.75, 3.05) is 0 Å². The molecule has 4 aliphatic carbocycles. The fourth-order valence-corrected chi connectivity index (χ4v) is 6.53. The lowest BCUT2D eigenvalue weighted by atomic mass is 9.49. The van der Waals surface area contributed by atoms with Crippen molar-refractivity contribution in [3.63, 3.8) is 0 Å². The molecule has 4 atom stereocenters. The molecule has 4 bridgehead atoms. The largest absolute Gasteiger partial charge is 0.273 e. The summed E-state index contributed by atoms with van der Waals surface area (Å²) in [5.74, 6) is 0.699. The molecule has 4 saturated carbocycles. The summed E-state index contributed by atoms with van der Waals surface area (Å²) in [6.07, 6.45) is 5.79. The van der Waals surface area contributed by atoms with Gasteiger partial charge in [0.05, 0.1) is 11.0 Å². The van der Waals surface area contributed by atoms with E-state index in [1.807, 2.05) is 6.07 Å². The van der Waals surface area contributed by atoms with Gasteiger partial charge in [-0.05, 0) is 78.4 Å². The van der Waals surface area contributed by atoms with E-state index in [-0.39, 0.29) is 16.7 Å². The van der Waals surface area contributed by atoms with Crippen LogP contribution in [0.25, 0.3) is 0 Å². The fourth-order valence-electron chi connectivity index (χ4n) is 5.38. The molecular formula is C18H20BrClN2O2. The van der Waals surface area contributed by atoms with Crippen LogP contribution >= 0.6 is 27.5 Å². The number of amides is 2. The Hall–Kier alpha value is -1.07. The van der Waals surface area contributed by atoms with Crippen molar-refractivity contribution in [2.24, 2.45) is 17.3 Å². The predicted octanol–water partition coefficient (Wildman–Crippen LogP) is 3.79. The molecule has 2 unspecified atom stereocenters. The quantitative estimate of drug-likeness (QED) is 0.574. The highest BCUT2D eigenvalue weighted by Crippen LogP contribution is 2.63. The Morgan fingerprint density at radius 1 is 1.08 bits per heavy atom. The van der Waals surface area contributed by atoms with Crippen LogP contribution in [0.3, 0.4) is 0 Å². The molecule has 0 aliphatic heterocycles. The van der Waals surface area contributed by atoms with Crippen LogP contribution in [0.2, 0.25) is 0 Å². The Balaban J connectivity index is 1.45. The molecule has 1 aromatic rings. The van der Waals surface area contributed by atoms with Gasteiger partial charge in [-0.15, -0.1) is 11.6 Å². The van der Waals surface area contributed by atoms with Crippen molar-refractivity contribution in [3.8, 4) is 0 Å². The maximum atomic E-state index is 12.9. The summed E-state index contributed by atoms with van der Waals surface area (Å²) in [6.45, 7) is 0. The van der Waals surface area contributed by atoms with E-state index in [0.717, 1.165) is 32.1 Å². The number of nitrogens with one attached hydrogen (secondary N) is 2. The zero-order valence-electron chi connectivity index (χ0n) is 13.3. The molecule has 5 rings (SSSR count). The van der Waals surface area contributed by atoms with Gasteiger partial charge in [-0.1, -0.05) is 12.1 Å². The maximum absolute atomic E-state index is 12.9. The van der Waals surface area contributed by atoms with Gasteiger partial charge < -0.3 is 0 Å². The summed E-state index contributed by atoms with van der Waals surface area (Å²) in [6, 6.07) is 7.14. The van der Waals surface area contributed by atoms with Crippen molar-refractivity contribution < 1.29 is 9.59 Å². The third-order valence-corrected chi connectivity index (χ3v) is 7.01. The summed E-state index contributed by atoms with van der Waals surface area (Å²) in [7, 11) is 0. The Bertz CT molecular complexity index is 694. The minimum absolute atomic E-state index is 0.0815. The second-order valence-electron chi connectivity index (χ2n) is 7.78. The van der Waals surface area contributed by atoms with Crippen LogP contribution < -0.4 is 10.9 Å². The second-order valence-corrected chi connectivity index (χ2v) is 9.44. The third kappa shape index (κ3) is 2.76. The standard InChI is InChI=1S/C18H20BrClN2O2/c19-14-4-2-1-3-13(14)15(23)21-22-16(24)17-6-11-5-12(7-17)9-18(20,8-11)10-17/h1-4,11-12H,5-10H2,(H,21,23)(H,22,24)/t11-,12+,17?,18?. The van der Waals surface area contributed by atoms with Gasteiger partial charge in [0, 0.05) is 9.35 Å². The van der Waals surface area contributed by atoms with Gasteiger partial charge in [-0.2, -0.15) is 0 Å². The van der Waals surface area contributed by atoms with Gasteiger partial charge >= 0.3 is 0 Å². The Morgan fingerprint density at radius 3 is 2.38 bits per heavy atom. The topological polar surface area (TPSA) is 58.2 Å². The number of hydrogen-bond acceptors (Lipinski definition) is 2. The van der Waals surface area contributed by atoms with E-state index in [4.69, 9.17) is 11.6 Å². The van der Waals surface area contributed by atoms with Crippen LogP contribution in [-0.2, 0) is 4.79 Å². The highest BCUT2D eigenvalue weighted by Gasteiger charge is 2.60. The molecule has 4 nitrogen and oxygen atoms in total. The van der Waals surface area contributed by atoms with Gasteiger partial charge in [0.1, 0.15) is 0 Å². The van der Waals surface area contributed by atoms with Crippen LogP contribution in [0.5, 0.6) is 0 Å². The number of carbonyl (C=O) groups excluding carboxylic acids is 2. The van der Waals surface area contributed by atoms with Crippen molar-refractivity contribution in [2.45, 2.75) is 43.4 Å². The average molecular weight is 412 g/mol. The van der Waals surface area contributed by atoms with E-state index in [9.17, 15) is 9.59 Å². The number of rotatable bonds is 2. The van der Waals surface area contributed by atoms with Crippen molar-refractivity contribution in [1.29, 1.82) is 0 Å². The number of hydrogen-bond donors (Lipinski definition) is 2. The molecule has 24 heavy (non-hydrogen) atoms. The minimum Gasteiger partial charge on any atom is -0.273 e. The van der Waals surface area contributed by atoms with Crippen LogP contribution in [0.15, 0.2) is 28.7 Å². The zero-order chi connectivity index (χ0) is 16.9. The van der Waals surface area contributed by atoms with Gasteiger partial charge in [0.25, 0.3) is 5.91 Å². The molecule has 2 N–H and O–H groups in total. The first-order chi connectivity index (χ1) is 11.4. The molecule has 0 saturated heterocycles. The number of carbonyl (C=O) groups is 2. The van der Waals surface area contributed by atoms with Gasteiger partial charge in [0.15, 0.2) is 0 Å². The lowest BCUT2D eigenvalue weighted by molar-refractivity contribution is -0.145.